The molecule has 0 bridgehead atoms. The third-order valence-corrected chi connectivity index (χ3v) is 2.15. The second-order valence-electron chi connectivity index (χ2n) is 3.57. The van der Waals surface area contributed by atoms with Crippen molar-refractivity contribution in [3.05, 3.63) is 27.9 Å². The number of hydrogen-bond donors (Lipinski definition) is 2. The molecule has 0 spiro atoms. The fourth-order valence-corrected chi connectivity index (χ4v) is 1.31. The number of carboxylic acid groups (broad SMARTS) is 1. The van der Waals surface area contributed by atoms with E-state index in [0.717, 1.165) is 0 Å². The van der Waals surface area contributed by atoms with Gasteiger partial charge in [0, 0.05) is 18.9 Å². The van der Waals surface area contributed by atoms with E-state index in [0.29, 0.717) is 5.69 Å². The Kier molecular flexibility index (Phi) is 4.55. The number of methoxy groups -OCH3 is 1. The number of nitro groups is 1. The first-order valence-electron chi connectivity index (χ1n) is 5.06. The normalized spacial score (nSPS) is 11.9. The minimum Gasteiger partial charge on any atom is -0.480 e. The van der Waals surface area contributed by atoms with E-state index in [1.54, 1.807) is 6.92 Å². The number of rotatable bonds is 6. The Morgan fingerprint density at radius 3 is 2.83 bits per heavy atom. The molecule has 0 amide bonds. The Labute approximate surface area is 103 Å². The van der Waals surface area contributed by atoms with Crippen LogP contribution in [0, 0.1) is 17.0 Å². The van der Waals surface area contributed by atoms with Crippen molar-refractivity contribution in [3.63, 3.8) is 0 Å². The maximum atomic E-state index is 10.9. The number of hydrogen-bond acceptors (Lipinski definition) is 6. The third kappa shape index (κ3) is 3.39. The van der Waals surface area contributed by atoms with Crippen LogP contribution in [0.4, 0.5) is 11.5 Å². The van der Waals surface area contributed by atoms with E-state index in [1.807, 2.05) is 0 Å². The predicted octanol–water partition coefficient (Wildman–Crippen LogP) is 0.810. The van der Waals surface area contributed by atoms with Gasteiger partial charge in [0.05, 0.1) is 11.5 Å². The van der Waals surface area contributed by atoms with E-state index in [9.17, 15) is 14.9 Å². The van der Waals surface area contributed by atoms with Crippen LogP contribution in [0.5, 0.6) is 0 Å². The molecule has 0 saturated heterocycles. The molecule has 1 atom stereocenters. The number of nitrogens with zero attached hydrogens (tertiary/aromatic N) is 2. The fourth-order valence-electron chi connectivity index (χ4n) is 1.31. The zero-order valence-corrected chi connectivity index (χ0v) is 9.91. The molecule has 1 aromatic heterocycles. The Bertz CT molecular complexity index is 463. The lowest BCUT2D eigenvalue weighted by Gasteiger charge is -2.14. The van der Waals surface area contributed by atoms with Gasteiger partial charge in [-0.05, 0) is 13.0 Å². The second kappa shape index (κ2) is 5.92. The Hall–Kier alpha value is -2.22. The molecule has 1 unspecified atom stereocenters. The molecule has 0 radical (unpaired) electrons. The zero-order chi connectivity index (χ0) is 13.7. The number of aliphatic carboxylic acids is 1. The smallest absolute Gasteiger partial charge is 0.328 e. The Morgan fingerprint density at radius 1 is 1.67 bits per heavy atom. The van der Waals surface area contributed by atoms with Crippen LogP contribution in [0.25, 0.3) is 0 Å². The van der Waals surface area contributed by atoms with Crippen LogP contribution in [0.15, 0.2) is 12.1 Å². The van der Waals surface area contributed by atoms with E-state index >= 15 is 0 Å². The van der Waals surface area contributed by atoms with Crippen molar-refractivity contribution < 1.29 is 19.6 Å². The van der Waals surface area contributed by atoms with E-state index in [2.05, 4.69) is 10.3 Å². The molecule has 1 aromatic rings. The highest BCUT2D eigenvalue weighted by Gasteiger charge is 2.23. The predicted molar refractivity (Wildman–Crippen MR) is 62.6 cm³/mol. The van der Waals surface area contributed by atoms with Crippen molar-refractivity contribution in [1.82, 2.24) is 4.98 Å². The maximum Gasteiger partial charge on any atom is 0.328 e. The average Bonchev–Trinajstić information content (AvgIpc) is 2.28. The van der Waals surface area contributed by atoms with Gasteiger partial charge in [-0.2, -0.15) is 0 Å². The topological polar surface area (TPSA) is 115 Å². The molecule has 2 N–H and O–H groups in total. The molecule has 1 rings (SSSR count). The van der Waals surface area contributed by atoms with Gasteiger partial charge in [-0.15, -0.1) is 0 Å². The summed E-state index contributed by atoms with van der Waals surface area (Å²) in [5.74, 6) is -1.25. The summed E-state index contributed by atoms with van der Waals surface area (Å²) in [6.07, 6.45) is 0. The van der Waals surface area contributed by atoms with E-state index in [4.69, 9.17) is 9.84 Å². The number of carbonyl (C=O) groups is 1. The second-order valence-corrected chi connectivity index (χ2v) is 3.57. The van der Waals surface area contributed by atoms with Crippen molar-refractivity contribution >= 4 is 17.5 Å². The number of anilines is 1. The van der Waals surface area contributed by atoms with Crippen LogP contribution in [0.3, 0.4) is 0 Å². The number of nitrogens with one attached hydrogen (secondary N) is 1. The quantitative estimate of drug-likeness (QED) is 0.570. The molecule has 0 aliphatic heterocycles. The number of aryl methyl sites for hydroxylation is 1. The van der Waals surface area contributed by atoms with Gasteiger partial charge in [0.1, 0.15) is 6.04 Å². The van der Waals surface area contributed by atoms with Gasteiger partial charge in [0.15, 0.2) is 0 Å². The molecule has 0 aliphatic rings. The highest BCUT2D eigenvalue weighted by molar-refractivity contribution is 5.78. The van der Waals surface area contributed by atoms with Crippen molar-refractivity contribution in [1.29, 1.82) is 0 Å². The van der Waals surface area contributed by atoms with Crippen molar-refractivity contribution in [2.24, 2.45) is 0 Å². The highest BCUT2D eigenvalue weighted by atomic mass is 16.6. The van der Waals surface area contributed by atoms with Crippen LogP contribution in [-0.2, 0) is 9.53 Å². The minimum absolute atomic E-state index is 0.0792. The lowest BCUT2D eigenvalue weighted by Crippen LogP contribution is -2.34. The molecular formula is C10H13N3O5. The van der Waals surface area contributed by atoms with Crippen LogP contribution in [0.1, 0.15) is 5.69 Å². The number of aromatic nitrogens is 1. The van der Waals surface area contributed by atoms with Crippen molar-refractivity contribution in [2.75, 3.05) is 19.0 Å². The van der Waals surface area contributed by atoms with Crippen LogP contribution < -0.4 is 5.32 Å². The van der Waals surface area contributed by atoms with Crippen LogP contribution in [-0.4, -0.2) is 40.7 Å². The van der Waals surface area contributed by atoms with Gasteiger partial charge in [0.25, 0.3) is 0 Å². The molecule has 0 saturated carbocycles. The summed E-state index contributed by atoms with van der Waals surface area (Å²) in [6, 6.07) is 1.66. The molecular weight excluding hydrogens is 242 g/mol. The lowest BCUT2D eigenvalue weighted by atomic mass is 10.3. The largest absolute Gasteiger partial charge is 0.480 e. The zero-order valence-electron chi connectivity index (χ0n) is 9.91. The third-order valence-electron chi connectivity index (χ3n) is 2.15. The van der Waals surface area contributed by atoms with Gasteiger partial charge >= 0.3 is 11.7 Å². The van der Waals surface area contributed by atoms with Crippen LogP contribution >= 0.6 is 0 Å². The first-order chi connectivity index (χ1) is 8.45. The maximum absolute atomic E-state index is 10.9. The first kappa shape index (κ1) is 13.8. The standard InChI is InChI=1S/C10H13N3O5/c1-6-3-4-8(13(16)17)9(11-6)12-7(5-18-2)10(14)15/h3-4,7H,5H2,1-2H3,(H,11,12)(H,14,15). The summed E-state index contributed by atoms with van der Waals surface area (Å²) in [6.45, 7) is 1.53. The highest BCUT2D eigenvalue weighted by Crippen LogP contribution is 2.22. The Morgan fingerprint density at radius 2 is 2.33 bits per heavy atom. The SMILES string of the molecule is COCC(Nc1nc(C)ccc1[N+](=O)[O-])C(=O)O. The monoisotopic (exact) mass is 255 g/mol. The number of ether oxygens (including phenoxy) is 1. The molecule has 8 nitrogen and oxygen atoms in total. The minimum atomic E-state index is -1.17. The van der Waals surface area contributed by atoms with E-state index in [-0.39, 0.29) is 18.1 Å². The molecule has 1 heterocycles. The first-order valence-corrected chi connectivity index (χ1v) is 5.06. The number of carboxylic acids is 1. The molecule has 0 fully saturated rings. The van der Waals surface area contributed by atoms with E-state index < -0.39 is 16.9 Å². The summed E-state index contributed by atoms with van der Waals surface area (Å²) < 4.78 is 4.73. The van der Waals surface area contributed by atoms with Gasteiger partial charge in [-0.1, -0.05) is 0 Å². The summed E-state index contributed by atoms with van der Waals surface area (Å²) in [4.78, 5) is 25.0. The van der Waals surface area contributed by atoms with Crippen molar-refractivity contribution in [3.8, 4) is 0 Å². The van der Waals surface area contributed by atoms with Gasteiger partial charge in [-0.3, -0.25) is 10.1 Å². The van der Waals surface area contributed by atoms with Crippen molar-refractivity contribution in [2.45, 2.75) is 13.0 Å². The van der Waals surface area contributed by atoms with E-state index in [1.165, 1.54) is 19.2 Å². The summed E-state index contributed by atoms with van der Waals surface area (Å²) in [5.41, 5.74) is 0.271. The molecule has 18 heavy (non-hydrogen) atoms. The molecule has 98 valence electrons. The van der Waals surface area contributed by atoms with Gasteiger partial charge in [0.2, 0.25) is 5.82 Å². The number of pyridine rings is 1. The summed E-state index contributed by atoms with van der Waals surface area (Å²) in [7, 11) is 1.34. The molecule has 0 aliphatic carbocycles. The lowest BCUT2D eigenvalue weighted by molar-refractivity contribution is -0.384. The molecule has 0 aromatic carbocycles. The van der Waals surface area contributed by atoms with Gasteiger partial charge in [-0.25, -0.2) is 9.78 Å². The molecule has 8 heteroatoms. The van der Waals surface area contributed by atoms with Gasteiger partial charge < -0.3 is 15.2 Å². The fraction of sp³-hybridized carbons (Fsp3) is 0.400. The van der Waals surface area contributed by atoms with Crippen LogP contribution in [0.2, 0.25) is 0 Å². The average molecular weight is 255 g/mol. The summed E-state index contributed by atoms with van der Waals surface area (Å²) >= 11 is 0. The summed E-state index contributed by atoms with van der Waals surface area (Å²) in [5, 5.41) is 22.2. The Balaban J connectivity index is 3.03.